The Labute approximate surface area is 243 Å². The zero-order valence-electron chi connectivity index (χ0n) is 23.7. The van der Waals surface area contributed by atoms with Crippen molar-refractivity contribution in [3.05, 3.63) is 106 Å². The van der Waals surface area contributed by atoms with Gasteiger partial charge in [0.1, 0.15) is 34.5 Å². The van der Waals surface area contributed by atoms with Crippen LogP contribution in [0.15, 0.2) is 72.8 Å². The van der Waals surface area contributed by atoms with E-state index in [0.717, 1.165) is 0 Å². The first kappa shape index (κ1) is 26.5. The minimum Gasteiger partial charge on any atom is -0.507 e. The highest BCUT2D eigenvalue weighted by atomic mass is 16.6. The third-order valence-electron chi connectivity index (χ3n) is 9.44. The van der Waals surface area contributed by atoms with Crippen LogP contribution >= 0.6 is 0 Å². The molecule has 216 valence electrons. The zero-order chi connectivity index (χ0) is 29.6. The summed E-state index contributed by atoms with van der Waals surface area (Å²) in [6.45, 7) is 3.51. The molecular weight excluding hydrogens is 536 g/mol. The molecule has 0 amide bonds. The molecule has 0 aromatic heterocycles. The van der Waals surface area contributed by atoms with Crippen LogP contribution in [0, 0.1) is 25.7 Å². The Hall–Kier alpha value is -4.40. The number of fused-ring (bicyclic) bond motifs is 8. The van der Waals surface area contributed by atoms with Crippen molar-refractivity contribution < 1.29 is 39.4 Å². The number of phenolic OH excluding ortho intramolecular Hbond substituents is 2. The van der Waals surface area contributed by atoms with Gasteiger partial charge in [0.2, 0.25) is 11.6 Å². The van der Waals surface area contributed by atoms with E-state index in [1.54, 1.807) is 38.1 Å². The molecular formula is C34H32O8. The predicted octanol–water partition coefficient (Wildman–Crippen LogP) is 5.32. The van der Waals surface area contributed by atoms with E-state index in [2.05, 4.69) is 0 Å². The van der Waals surface area contributed by atoms with E-state index >= 15 is 0 Å². The average Bonchev–Trinajstić information content (AvgIpc) is 2.97. The van der Waals surface area contributed by atoms with Gasteiger partial charge in [-0.2, -0.15) is 0 Å². The summed E-state index contributed by atoms with van der Waals surface area (Å²) < 4.78 is 24.7. The smallest absolute Gasteiger partial charge is 0.238 e. The predicted molar refractivity (Wildman–Crippen MR) is 153 cm³/mol. The molecule has 3 aliphatic rings. The van der Waals surface area contributed by atoms with Crippen molar-refractivity contribution in [2.24, 2.45) is 11.8 Å². The van der Waals surface area contributed by atoms with E-state index in [1.165, 1.54) is 26.4 Å². The van der Waals surface area contributed by atoms with Gasteiger partial charge in [0.25, 0.3) is 0 Å². The Morgan fingerprint density at radius 2 is 0.976 bits per heavy atom. The van der Waals surface area contributed by atoms with E-state index in [1.807, 2.05) is 36.4 Å². The lowest BCUT2D eigenvalue weighted by Gasteiger charge is -2.65. The highest BCUT2D eigenvalue weighted by Crippen LogP contribution is 2.75. The van der Waals surface area contributed by atoms with Crippen LogP contribution in [0.3, 0.4) is 0 Å². The van der Waals surface area contributed by atoms with Gasteiger partial charge >= 0.3 is 0 Å². The molecule has 2 aliphatic heterocycles. The van der Waals surface area contributed by atoms with Crippen molar-refractivity contribution in [2.75, 3.05) is 14.2 Å². The van der Waals surface area contributed by atoms with Gasteiger partial charge in [0, 0.05) is 69.2 Å². The van der Waals surface area contributed by atoms with Crippen LogP contribution in [0.4, 0.5) is 0 Å². The molecule has 1 aliphatic carbocycles. The Morgan fingerprint density at radius 1 is 0.619 bits per heavy atom. The maximum Gasteiger partial charge on any atom is 0.238 e. The Balaban J connectivity index is 1.57. The molecule has 4 aromatic carbocycles. The van der Waals surface area contributed by atoms with Crippen molar-refractivity contribution in [1.29, 1.82) is 0 Å². The number of hydrogen-bond acceptors (Lipinski definition) is 8. The first-order valence-corrected chi connectivity index (χ1v) is 13.9. The van der Waals surface area contributed by atoms with Gasteiger partial charge in [0.15, 0.2) is 0 Å². The van der Waals surface area contributed by atoms with Gasteiger partial charge in [0.05, 0.1) is 14.2 Å². The van der Waals surface area contributed by atoms with Crippen LogP contribution in [0.1, 0.15) is 45.2 Å². The monoisotopic (exact) mass is 568 g/mol. The fourth-order valence-corrected chi connectivity index (χ4v) is 7.57. The highest BCUT2D eigenvalue weighted by molar-refractivity contribution is 5.66. The number of ether oxygens (including phenoxy) is 4. The van der Waals surface area contributed by atoms with E-state index in [4.69, 9.17) is 18.9 Å². The van der Waals surface area contributed by atoms with Crippen molar-refractivity contribution >= 4 is 0 Å². The molecule has 2 heterocycles. The van der Waals surface area contributed by atoms with Gasteiger partial charge in [-0.05, 0) is 13.8 Å². The van der Waals surface area contributed by atoms with Crippen molar-refractivity contribution in [3.8, 4) is 34.5 Å². The fourth-order valence-electron chi connectivity index (χ4n) is 7.57. The van der Waals surface area contributed by atoms with E-state index in [9.17, 15) is 20.4 Å². The average molecular weight is 569 g/mol. The second kappa shape index (κ2) is 9.05. The molecule has 6 atom stereocenters. The number of benzene rings is 4. The number of aliphatic hydroxyl groups is 2. The summed E-state index contributed by atoms with van der Waals surface area (Å²) in [5.41, 5.74) is 3.35. The van der Waals surface area contributed by atoms with Crippen molar-refractivity contribution in [2.45, 2.75) is 37.3 Å². The summed E-state index contributed by atoms with van der Waals surface area (Å²) in [5, 5.41) is 46.9. The number of rotatable bonds is 4. The molecule has 1 saturated carbocycles. The molecule has 1 fully saturated rings. The lowest BCUT2D eigenvalue weighted by Crippen LogP contribution is -2.66. The van der Waals surface area contributed by atoms with Crippen molar-refractivity contribution in [1.82, 2.24) is 0 Å². The quantitative estimate of drug-likeness (QED) is 0.261. The van der Waals surface area contributed by atoms with Crippen LogP contribution < -0.4 is 18.9 Å². The molecule has 4 aromatic rings. The standard InChI is InChI=1S/C34H32O8/c1-17-21(35)15-23-25(31(17)39-3)27-29(33(37,41-23)19-11-7-5-8-12-19)28-26-24(16-22(36)18(2)32(26)40-4)42-34(38,30(27)28)20-13-9-6-10-14-20/h5-16,27-30,35-38H,1-4H3/t27?,28?,29?,30?,33-,34?/m1/s1. The lowest BCUT2D eigenvalue weighted by atomic mass is 9.45. The van der Waals surface area contributed by atoms with Crippen LogP contribution in [0.5, 0.6) is 34.5 Å². The SMILES string of the molecule is COc1c(C)c(O)cc2c1C1C(C3c4c(cc(O)c(C)c4OC)O[C@](O)(c4ccccc4)C13)C(O)(c1ccccc1)O2. The molecule has 0 spiro atoms. The normalized spacial score (nSPS) is 28.5. The molecule has 5 unspecified atom stereocenters. The summed E-state index contributed by atoms with van der Waals surface area (Å²) in [4.78, 5) is 0. The molecule has 7 rings (SSSR count). The summed E-state index contributed by atoms with van der Waals surface area (Å²) >= 11 is 0. The van der Waals surface area contributed by atoms with Gasteiger partial charge < -0.3 is 39.4 Å². The molecule has 0 bridgehead atoms. The fraction of sp³-hybridized carbons (Fsp3) is 0.294. The first-order valence-electron chi connectivity index (χ1n) is 13.9. The lowest BCUT2D eigenvalue weighted by molar-refractivity contribution is -0.307. The largest absolute Gasteiger partial charge is 0.507 e. The van der Waals surface area contributed by atoms with Gasteiger partial charge in [-0.1, -0.05) is 60.7 Å². The highest BCUT2D eigenvalue weighted by Gasteiger charge is 2.73. The molecule has 0 saturated heterocycles. The first-order chi connectivity index (χ1) is 20.2. The van der Waals surface area contributed by atoms with Crippen LogP contribution in [0.25, 0.3) is 0 Å². The minimum atomic E-state index is -1.87. The number of hydrogen-bond donors (Lipinski definition) is 4. The van der Waals surface area contributed by atoms with Crippen LogP contribution in [0.2, 0.25) is 0 Å². The third kappa shape index (κ3) is 3.30. The number of methoxy groups -OCH3 is 2. The second-order valence-corrected chi connectivity index (χ2v) is 11.4. The topological polar surface area (TPSA) is 118 Å². The van der Waals surface area contributed by atoms with E-state index < -0.39 is 35.2 Å². The summed E-state index contributed by atoms with van der Waals surface area (Å²) in [5.74, 6) is -4.83. The van der Waals surface area contributed by atoms with Crippen molar-refractivity contribution in [3.63, 3.8) is 0 Å². The molecule has 42 heavy (non-hydrogen) atoms. The van der Waals surface area contributed by atoms with Gasteiger partial charge in [-0.25, -0.2) is 0 Å². The van der Waals surface area contributed by atoms with Gasteiger partial charge in [-0.15, -0.1) is 0 Å². The minimum absolute atomic E-state index is 0.0355. The summed E-state index contributed by atoms with van der Waals surface area (Å²) in [7, 11) is 3.05. The Kier molecular flexibility index (Phi) is 5.71. The van der Waals surface area contributed by atoms with Crippen LogP contribution in [-0.2, 0) is 11.6 Å². The molecule has 8 heteroatoms. The maximum atomic E-state index is 12.6. The van der Waals surface area contributed by atoms with Crippen LogP contribution in [-0.4, -0.2) is 34.6 Å². The molecule has 4 N–H and O–H groups in total. The van der Waals surface area contributed by atoms with E-state index in [0.29, 0.717) is 44.9 Å². The summed E-state index contributed by atoms with van der Waals surface area (Å²) in [6, 6.07) is 21.2. The number of aromatic hydroxyl groups is 2. The molecule has 8 nitrogen and oxygen atoms in total. The Bertz CT molecular complexity index is 1570. The zero-order valence-corrected chi connectivity index (χ0v) is 23.7. The Morgan fingerprint density at radius 3 is 1.31 bits per heavy atom. The van der Waals surface area contributed by atoms with E-state index in [-0.39, 0.29) is 23.0 Å². The maximum absolute atomic E-state index is 12.6. The third-order valence-corrected chi connectivity index (χ3v) is 9.44. The number of phenols is 2. The van der Waals surface area contributed by atoms with Gasteiger partial charge in [-0.3, -0.25) is 0 Å². The summed E-state index contributed by atoms with van der Waals surface area (Å²) in [6.07, 6.45) is 0. The second-order valence-electron chi connectivity index (χ2n) is 11.4. The molecule has 0 radical (unpaired) electrons.